The molecular weight excluding hydrogens is 176 g/mol. The molecule has 0 saturated heterocycles. The number of aliphatic carboxylic acids is 1. The Morgan fingerprint density at radius 1 is 1.23 bits per heavy atom. The summed E-state index contributed by atoms with van der Waals surface area (Å²) < 4.78 is 0. The molecule has 0 amide bonds. The van der Waals surface area contributed by atoms with Gasteiger partial charge in [-0.2, -0.15) is 0 Å². The van der Waals surface area contributed by atoms with Crippen LogP contribution in [0.5, 0.6) is 11.5 Å². The predicted molar refractivity (Wildman–Crippen MR) is 39.5 cm³/mol. The summed E-state index contributed by atoms with van der Waals surface area (Å²) in [7, 11) is 0. The van der Waals surface area contributed by atoms with E-state index in [1.54, 1.807) is 0 Å². The molecule has 0 radical (unpaired) electrons. The van der Waals surface area contributed by atoms with Crippen LogP contribution in [-0.4, -0.2) is 22.0 Å². The zero-order valence-electron chi connectivity index (χ0n) is 6.35. The number of Topliss-reactive ketones (excluding diaryl/α,β-unsaturated/α-hetero) is 1. The number of hydrogen-bond donors (Lipinski definition) is 2. The molecule has 0 aliphatic heterocycles. The van der Waals surface area contributed by atoms with Crippen molar-refractivity contribution < 1.29 is 24.9 Å². The molecule has 0 atom stereocenters. The number of phenolic OH excluding ortho intramolecular Hbond substituents is 1. The smallest absolute Gasteiger partial charge is 0.377 e. The summed E-state index contributed by atoms with van der Waals surface area (Å²) in [6.45, 7) is 0. The molecule has 68 valence electrons. The van der Waals surface area contributed by atoms with Crippen LogP contribution in [0.2, 0.25) is 0 Å². The molecule has 5 nitrogen and oxygen atoms in total. The van der Waals surface area contributed by atoms with Crippen molar-refractivity contribution in [1.29, 1.82) is 0 Å². The van der Waals surface area contributed by atoms with Crippen molar-refractivity contribution in [2.24, 2.45) is 0 Å². The van der Waals surface area contributed by atoms with Crippen molar-refractivity contribution in [3.63, 3.8) is 0 Å². The van der Waals surface area contributed by atoms with Crippen molar-refractivity contribution >= 4 is 11.8 Å². The quantitative estimate of drug-likeness (QED) is 0.483. The van der Waals surface area contributed by atoms with Crippen LogP contribution in [-0.2, 0) is 4.79 Å². The van der Waals surface area contributed by atoms with E-state index in [1.807, 2.05) is 0 Å². The number of hydrogen-bond acceptors (Lipinski definition) is 4. The third-order valence-corrected chi connectivity index (χ3v) is 1.35. The molecule has 1 aromatic rings. The van der Waals surface area contributed by atoms with Gasteiger partial charge in [0.1, 0.15) is 5.75 Å². The fraction of sp³-hybridized carbons (Fsp3) is 0. The first-order chi connectivity index (χ1) is 6.00. The van der Waals surface area contributed by atoms with Crippen LogP contribution >= 0.6 is 0 Å². The molecule has 0 aromatic heterocycles. The van der Waals surface area contributed by atoms with Crippen LogP contribution in [0.1, 0.15) is 10.4 Å². The number of carbonyl (C=O) groups excluding carboxylic acids is 1. The Bertz CT molecular complexity index is 349. The molecular formula is C8H5O5-. The van der Waals surface area contributed by atoms with Gasteiger partial charge in [0.15, 0.2) is 0 Å². The van der Waals surface area contributed by atoms with E-state index in [0.29, 0.717) is 0 Å². The lowest BCUT2D eigenvalue weighted by Gasteiger charge is -2.06. The van der Waals surface area contributed by atoms with Gasteiger partial charge < -0.3 is 15.3 Å². The van der Waals surface area contributed by atoms with E-state index in [1.165, 1.54) is 0 Å². The standard InChI is InChI=1S/C8H6O5/c9-5-1-4(2-6(10)3-5)7(11)8(12)13/h1-3,9-10H,(H,12,13)/p-1. The molecule has 0 saturated carbocycles. The number of ketones is 1. The van der Waals surface area contributed by atoms with Gasteiger partial charge >= 0.3 is 5.97 Å². The van der Waals surface area contributed by atoms with Crippen molar-refractivity contribution in [2.45, 2.75) is 0 Å². The highest BCUT2D eigenvalue weighted by atomic mass is 16.4. The van der Waals surface area contributed by atoms with Gasteiger partial charge in [0.2, 0.25) is 0 Å². The van der Waals surface area contributed by atoms with Gasteiger partial charge in [-0.25, -0.2) is 4.79 Å². The second kappa shape index (κ2) is 3.14. The summed E-state index contributed by atoms with van der Waals surface area (Å²) in [5, 5.41) is 27.9. The Morgan fingerprint density at radius 3 is 2.31 bits per heavy atom. The second-order valence-electron chi connectivity index (χ2n) is 2.35. The van der Waals surface area contributed by atoms with Crippen molar-refractivity contribution in [2.75, 3.05) is 0 Å². The number of rotatable bonds is 2. The van der Waals surface area contributed by atoms with E-state index in [2.05, 4.69) is 0 Å². The predicted octanol–water partition coefficient (Wildman–Crippen LogP) is -0.267. The fourth-order valence-corrected chi connectivity index (χ4v) is 0.838. The Labute approximate surface area is 72.9 Å². The van der Waals surface area contributed by atoms with Crippen molar-refractivity contribution in [3.05, 3.63) is 23.8 Å². The van der Waals surface area contributed by atoms with Crippen LogP contribution in [0.3, 0.4) is 0 Å². The van der Waals surface area contributed by atoms with Gasteiger partial charge in [-0.15, -0.1) is 5.75 Å². The number of aromatic hydroxyl groups is 1. The number of benzene rings is 1. The number of carboxylic acid groups (broad SMARTS) is 1. The van der Waals surface area contributed by atoms with E-state index in [4.69, 9.17) is 10.2 Å². The SMILES string of the molecule is O=C(O)C(=O)c1cc([O-])cc(O)c1. The third-order valence-electron chi connectivity index (χ3n) is 1.35. The first kappa shape index (κ1) is 9.05. The molecule has 0 bridgehead atoms. The second-order valence-corrected chi connectivity index (χ2v) is 2.35. The van der Waals surface area contributed by atoms with Crippen molar-refractivity contribution in [1.82, 2.24) is 0 Å². The Balaban J connectivity index is 3.15. The number of carbonyl (C=O) groups is 2. The summed E-state index contributed by atoms with van der Waals surface area (Å²) >= 11 is 0. The van der Waals surface area contributed by atoms with Crippen LogP contribution in [0.25, 0.3) is 0 Å². The number of carboxylic acids is 1. The molecule has 13 heavy (non-hydrogen) atoms. The van der Waals surface area contributed by atoms with Crippen LogP contribution < -0.4 is 5.11 Å². The Morgan fingerprint density at radius 2 is 1.85 bits per heavy atom. The zero-order valence-corrected chi connectivity index (χ0v) is 6.35. The van der Waals surface area contributed by atoms with E-state index >= 15 is 0 Å². The minimum absolute atomic E-state index is 0.322. The minimum Gasteiger partial charge on any atom is -0.872 e. The molecule has 0 heterocycles. The largest absolute Gasteiger partial charge is 0.872 e. The van der Waals surface area contributed by atoms with Crippen molar-refractivity contribution in [3.8, 4) is 11.5 Å². The van der Waals surface area contributed by atoms with Crippen LogP contribution in [0.15, 0.2) is 18.2 Å². The van der Waals surface area contributed by atoms with E-state index in [0.717, 1.165) is 18.2 Å². The summed E-state index contributed by atoms with van der Waals surface area (Å²) in [5.74, 6) is -3.90. The van der Waals surface area contributed by atoms with Gasteiger partial charge in [-0.1, -0.05) is 6.07 Å². The average molecular weight is 181 g/mol. The Kier molecular flexibility index (Phi) is 2.19. The Hall–Kier alpha value is -2.04. The summed E-state index contributed by atoms with van der Waals surface area (Å²) in [5.41, 5.74) is -0.322. The molecule has 0 aliphatic carbocycles. The zero-order chi connectivity index (χ0) is 10.0. The maximum absolute atomic E-state index is 10.8. The maximum Gasteiger partial charge on any atom is 0.377 e. The fourth-order valence-electron chi connectivity index (χ4n) is 0.838. The summed E-state index contributed by atoms with van der Waals surface area (Å²) in [4.78, 5) is 21.0. The molecule has 0 spiro atoms. The summed E-state index contributed by atoms with van der Waals surface area (Å²) in [6.07, 6.45) is 0. The highest BCUT2D eigenvalue weighted by Gasteiger charge is 2.14. The van der Waals surface area contributed by atoms with E-state index < -0.39 is 23.3 Å². The highest BCUT2D eigenvalue weighted by molar-refractivity contribution is 6.39. The molecule has 1 aromatic carbocycles. The molecule has 0 fully saturated rings. The van der Waals surface area contributed by atoms with E-state index in [-0.39, 0.29) is 5.56 Å². The monoisotopic (exact) mass is 181 g/mol. The van der Waals surface area contributed by atoms with E-state index in [9.17, 15) is 14.7 Å². The average Bonchev–Trinajstić information content (AvgIpc) is 2.01. The molecule has 2 N–H and O–H groups in total. The van der Waals surface area contributed by atoms with Crippen LogP contribution in [0, 0.1) is 0 Å². The molecule has 5 heteroatoms. The normalized spacial score (nSPS) is 9.54. The lowest BCUT2D eigenvalue weighted by molar-refractivity contribution is -0.268. The van der Waals surface area contributed by atoms with Gasteiger partial charge in [0.05, 0.1) is 0 Å². The summed E-state index contributed by atoms with van der Waals surface area (Å²) in [6, 6.07) is 2.67. The lowest BCUT2D eigenvalue weighted by atomic mass is 10.1. The molecule has 0 aliphatic rings. The van der Waals surface area contributed by atoms with Gasteiger partial charge in [-0.3, -0.25) is 4.79 Å². The number of phenols is 1. The minimum atomic E-state index is -1.66. The first-order valence-electron chi connectivity index (χ1n) is 3.29. The molecule has 0 unspecified atom stereocenters. The van der Waals surface area contributed by atoms with Gasteiger partial charge in [-0.05, 0) is 12.1 Å². The highest BCUT2D eigenvalue weighted by Crippen LogP contribution is 2.18. The molecule has 1 rings (SSSR count). The van der Waals surface area contributed by atoms with Crippen LogP contribution in [0.4, 0.5) is 0 Å². The maximum atomic E-state index is 10.8. The lowest BCUT2D eigenvalue weighted by Crippen LogP contribution is -2.12. The van der Waals surface area contributed by atoms with Gasteiger partial charge in [0, 0.05) is 5.56 Å². The first-order valence-corrected chi connectivity index (χ1v) is 3.29. The topological polar surface area (TPSA) is 97.7 Å². The van der Waals surface area contributed by atoms with Gasteiger partial charge in [0.25, 0.3) is 5.78 Å². The third kappa shape index (κ3) is 1.96.